The van der Waals surface area contributed by atoms with Crippen LogP contribution in [0.3, 0.4) is 0 Å². The van der Waals surface area contributed by atoms with E-state index in [1.165, 1.54) is 11.8 Å². The lowest BCUT2D eigenvalue weighted by molar-refractivity contribution is 0.182. The first-order chi connectivity index (χ1) is 13.5. The summed E-state index contributed by atoms with van der Waals surface area (Å²) in [7, 11) is 1.29. The summed E-state index contributed by atoms with van der Waals surface area (Å²) in [6, 6.07) is 1.88. The van der Waals surface area contributed by atoms with Crippen molar-refractivity contribution in [2.45, 2.75) is 25.8 Å². The third kappa shape index (κ3) is 4.78. The zero-order valence-electron chi connectivity index (χ0n) is 16.2. The second kappa shape index (κ2) is 9.60. The summed E-state index contributed by atoms with van der Waals surface area (Å²) < 4.78 is 11.8. The van der Waals surface area contributed by atoms with Crippen molar-refractivity contribution in [1.29, 1.82) is 0 Å². The molecule has 0 unspecified atom stereocenters. The molecule has 0 saturated carbocycles. The van der Waals surface area contributed by atoms with Gasteiger partial charge < -0.3 is 24.2 Å². The summed E-state index contributed by atoms with van der Waals surface area (Å²) in [5.74, 6) is 1.57. The van der Waals surface area contributed by atoms with Crippen LogP contribution in [0.1, 0.15) is 19.3 Å². The molecule has 3 heterocycles. The summed E-state index contributed by atoms with van der Waals surface area (Å²) in [5, 5.41) is 5.36. The van der Waals surface area contributed by atoms with Gasteiger partial charge in [-0.15, -0.1) is 0 Å². The number of pyridine rings is 1. The van der Waals surface area contributed by atoms with Crippen LogP contribution in [0.15, 0.2) is 17.1 Å². The van der Waals surface area contributed by atoms with Gasteiger partial charge in [0.05, 0.1) is 26.5 Å². The minimum atomic E-state index is -1.81. The van der Waals surface area contributed by atoms with Gasteiger partial charge in [0.1, 0.15) is 11.2 Å². The first kappa shape index (κ1) is 20.9. The van der Waals surface area contributed by atoms with Gasteiger partial charge in [0.2, 0.25) is 5.88 Å². The van der Waals surface area contributed by atoms with Crippen LogP contribution in [0.4, 0.5) is 5.82 Å². The van der Waals surface area contributed by atoms with Crippen molar-refractivity contribution < 1.29 is 19.3 Å². The number of nitrogens with zero attached hydrogens (tertiary/aromatic N) is 4. The maximum atomic E-state index is 12.7. The van der Waals surface area contributed by atoms with Crippen LogP contribution in [0.5, 0.6) is 5.88 Å². The fraction of sp³-hybridized carbons (Fsp3) is 0.611. The second-order valence-electron chi connectivity index (χ2n) is 6.93. The Labute approximate surface area is 164 Å². The zero-order chi connectivity index (χ0) is 20.1. The number of piperidine rings is 1. The van der Waals surface area contributed by atoms with Crippen molar-refractivity contribution in [1.82, 2.24) is 14.8 Å². The van der Waals surface area contributed by atoms with Crippen molar-refractivity contribution in [3.05, 3.63) is 22.6 Å². The predicted molar refractivity (Wildman–Crippen MR) is 108 cm³/mol. The Morgan fingerprint density at radius 2 is 2.04 bits per heavy atom. The SMILES string of the molecule is COCCn1ncc2cc(N3CCC(CCP(O)O)CC3)nc(OC)c2c1=O. The average molecular weight is 410 g/mol. The Morgan fingerprint density at radius 1 is 1.29 bits per heavy atom. The molecule has 2 N–H and O–H groups in total. The van der Waals surface area contributed by atoms with E-state index in [1.807, 2.05) is 6.07 Å². The molecule has 0 aliphatic carbocycles. The molecule has 2 aromatic heterocycles. The molecule has 0 spiro atoms. The highest BCUT2D eigenvalue weighted by atomic mass is 31.2. The van der Waals surface area contributed by atoms with E-state index in [1.54, 1.807) is 13.3 Å². The van der Waals surface area contributed by atoms with Crippen molar-refractivity contribution in [2.75, 3.05) is 45.0 Å². The van der Waals surface area contributed by atoms with Crippen molar-refractivity contribution in [2.24, 2.45) is 5.92 Å². The smallest absolute Gasteiger partial charge is 0.280 e. The Morgan fingerprint density at radius 3 is 2.68 bits per heavy atom. The number of fused-ring (bicyclic) bond motifs is 1. The predicted octanol–water partition coefficient (Wildman–Crippen LogP) is 1.35. The van der Waals surface area contributed by atoms with E-state index in [0.29, 0.717) is 41.9 Å². The van der Waals surface area contributed by atoms with Gasteiger partial charge in [0.25, 0.3) is 5.56 Å². The monoisotopic (exact) mass is 410 g/mol. The highest BCUT2D eigenvalue weighted by Crippen LogP contribution is 2.32. The summed E-state index contributed by atoms with van der Waals surface area (Å²) in [6.45, 7) is 2.43. The van der Waals surface area contributed by atoms with Gasteiger partial charge in [-0.2, -0.15) is 10.1 Å². The first-order valence-electron chi connectivity index (χ1n) is 9.37. The number of anilines is 1. The highest BCUT2D eigenvalue weighted by Gasteiger charge is 2.22. The average Bonchev–Trinajstić information content (AvgIpc) is 2.71. The van der Waals surface area contributed by atoms with Gasteiger partial charge in [-0.25, -0.2) is 4.68 Å². The lowest BCUT2D eigenvalue weighted by Crippen LogP contribution is -2.34. The molecule has 1 saturated heterocycles. The molecule has 10 heteroatoms. The molecule has 154 valence electrons. The quantitative estimate of drug-likeness (QED) is 0.628. The molecule has 3 rings (SSSR count). The van der Waals surface area contributed by atoms with Gasteiger partial charge in [0, 0.05) is 31.7 Å². The molecule has 1 aliphatic heterocycles. The Bertz CT molecular complexity index is 852. The molecule has 2 aromatic rings. The van der Waals surface area contributed by atoms with E-state index in [9.17, 15) is 4.79 Å². The van der Waals surface area contributed by atoms with Crippen molar-refractivity contribution >= 4 is 25.0 Å². The number of hydrogen-bond donors (Lipinski definition) is 2. The summed E-state index contributed by atoms with van der Waals surface area (Å²) >= 11 is 0. The molecule has 1 aliphatic rings. The minimum absolute atomic E-state index is 0.242. The molecule has 0 bridgehead atoms. The maximum absolute atomic E-state index is 12.7. The lowest BCUT2D eigenvalue weighted by Gasteiger charge is -2.33. The van der Waals surface area contributed by atoms with Gasteiger partial charge in [-0.05, 0) is 31.2 Å². The van der Waals surface area contributed by atoms with Crippen LogP contribution in [-0.4, -0.2) is 64.6 Å². The fourth-order valence-electron chi connectivity index (χ4n) is 3.55. The third-order valence-electron chi connectivity index (χ3n) is 5.16. The molecule has 0 amide bonds. The third-order valence-corrected chi connectivity index (χ3v) is 5.82. The number of methoxy groups -OCH3 is 2. The minimum Gasteiger partial charge on any atom is -0.480 e. The van der Waals surface area contributed by atoms with E-state index < -0.39 is 8.38 Å². The largest absolute Gasteiger partial charge is 0.480 e. The highest BCUT2D eigenvalue weighted by molar-refractivity contribution is 7.45. The van der Waals surface area contributed by atoms with E-state index in [4.69, 9.17) is 19.3 Å². The summed E-state index contributed by atoms with van der Waals surface area (Å²) in [5.41, 5.74) is -0.242. The topological polar surface area (TPSA) is 110 Å². The molecule has 0 aromatic carbocycles. The van der Waals surface area contributed by atoms with Crippen LogP contribution in [0.25, 0.3) is 10.8 Å². The van der Waals surface area contributed by atoms with Crippen molar-refractivity contribution in [3.63, 3.8) is 0 Å². The first-order valence-corrected chi connectivity index (χ1v) is 10.8. The molecular formula is C18H27N4O5P. The van der Waals surface area contributed by atoms with E-state index in [-0.39, 0.29) is 5.56 Å². The van der Waals surface area contributed by atoms with Crippen LogP contribution in [0, 0.1) is 5.92 Å². The van der Waals surface area contributed by atoms with Gasteiger partial charge in [0.15, 0.2) is 8.38 Å². The van der Waals surface area contributed by atoms with Crippen LogP contribution < -0.4 is 15.2 Å². The normalized spacial score (nSPS) is 15.5. The summed E-state index contributed by atoms with van der Waals surface area (Å²) in [4.78, 5) is 37.7. The van der Waals surface area contributed by atoms with E-state index in [2.05, 4.69) is 15.0 Å². The van der Waals surface area contributed by atoms with Gasteiger partial charge in [-0.3, -0.25) is 4.79 Å². The van der Waals surface area contributed by atoms with Gasteiger partial charge in [-0.1, -0.05) is 0 Å². The van der Waals surface area contributed by atoms with Crippen LogP contribution >= 0.6 is 8.38 Å². The second-order valence-corrected chi connectivity index (χ2v) is 8.13. The number of hydrogen-bond acceptors (Lipinski definition) is 8. The van der Waals surface area contributed by atoms with Crippen LogP contribution in [0.2, 0.25) is 0 Å². The van der Waals surface area contributed by atoms with Crippen molar-refractivity contribution in [3.8, 4) is 5.88 Å². The Balaban J connectivity index is 1.81. The number of rotatable bonds is 8. The van der Waals surface area contributed by atoms with Gasteiger partial charge >= 0.3 is 0 Å². The standard InChI is InChI=1S/C18H27N4O5P/c1-26-9-8-22-18(23)16-14(12-19-22)11-15(20-17(16)27-2)21-6-3-13(4-7-21)5-10-28(24)25/h11-13,24-25H,3-10H2,1-2H3. The zero-order valence-corrected chi connectivity index (χ0v) is 17.1. The fourth-order valence-corrected chi connectivity index (χ4v) is 4.15. The molecule has 0 atom stereocenters. The Hall–Kier alpha value is -1.80. The maximum Gasteiger partial charge on any atom is 0.280 e. The molecule has 9 nitrogen and oxygen atoms in total. The molecule has 1 fully saturated rings. The van der Waals surface area contributed by atoms with E-state index >= 15 is 0 Å². The van der Waals surface area contributed by atoms with E-state index in [0.717, 1.165) is 38.2 Å². The number of aromatic nitrogens is 3. The molecule has 0 radical (unpaired) electrons. The number of ether oxygens (including phenoxy) is 2. The van der Waals surface area contributed by atoms with Crippen LogP contribution in [-0.2, 0) is 11.3 Å². The molecular weight excluding hydrogens is 383 g/mol. The summed E-state index contributed by atoms with van der Waals surface area (Å²) in [6.07, 6.45) is 4.93. The molecule has 28 heavy (non-hydrogen) atoms. The Kier molecular flexibility index (Phi) is 7.18. The lowest BCUT2D eigenvalue weighted by atomic mass is 9.94.